The minimum Gasteiger partial charge on any atom is -0.481 e. The fourth-order valence-corrected chi connectivity index (χ4v) is 1.79. The first-order chi connectivity index (χ1) is 6.39. The number of rotatable bonds is 2. The number of hydrogen-bond donors (Lipinski definition) is 2. The molecule has 0 bridgehead atoms. The highest BCUT2D eigenvalue weighted by atomic mass is 16.5. The van der Waals surface area contributed by atoms with Crippen molar-refractivity contribution in [2.75, 3.05) is 7.11 Å². The van der Waals surface area contributed by atoms with Crippen molar-refractivity contribution in [3.63, 3.8) is 0 Å². The number of aliphatic carboxylic acids is 1. The smallest absolute Gasteiger partial charge is 0.407 e. The number of ether oxygens (including phenoxy) is 1. The third-order valence-electron chi connectivity index (χ3n) is 3.04. The van der Waals surface area contributed by atoms with E-state index >= 15 is 0 Å². The number of carbonyl (C=O) groups is 2. The fourth-order valence-electron chi connectivity index (χ4n) is 1.79. The van der Waals surface area contributed by atoms with E-state index in [0.29, 0.717) is 6.42 Å². The first kappa shape index (κ1) is 10.8. The second-order valence-electron chi connectivity index (χ2n) is 4.14. The minimum atomic E-state index is -0.807. The standard InChI is InChI=1S/C9H15NO4/c1-9(2)5(7(11)12)4-6(9)10-8(13)14-3/h5-6H,4H2,1-3H3,(H,10,13)(H,11,12). The average molecular weight is 201 g/mol. The van der Waals surface area contributed by atoms with E-state index in [2.05, 4.69) is 10.1 Å². The SMILES string of the molecule is COC(=O)NC1CC(C(=O)O)C1(C)C. The molecule has 1 aliphatic rings. The van der Waals surface area contributed by atoms with Gasteiger partial charge in [-0.1, -0.05) is 13.8 Å². The van der Waals surface area contributed by atoms with E-state index < -0.39 is 17.5 Å². The molecule has 2 unspecified atom stereocenters. The van der Waals surface area contributed by atoms with E-state index in [1.54, 1.807) is 0 Å². The van der Waals surface area contributed by atoms with Gasteiger partial charge in [-0.25, -0.2) is 4.79 Å². The summed E-state index contributed by atoms with van der Waals surface area (Å²) < 4.78 is 4.45. The summed E-state index contributed by atoms with van der Waals surface area (Å²) in [5.74, 6) is -1.19. The van der Waals surface area contributed by atoms with Crippen molar-refractivity contribution in [3.8, 4) is 0 Å². The van der Waals surface area contributed by atoms with Crippen LogP contribution in [0.25, 0.3) is 0 Å². The normalized spacial score (nSPS) is 28.8. The van der Waals surface area contributed by atoms with Crippen molar-refractivity contribution in [2.24, 2.45) is 11.3 Å². The van der Waals surface area contributed by atoms with Gasteiger partial charge in [0.25, 0.3) is 0 Å². The highest BCUT2D eigenvalue weighted by Gasteiger charge is 2.52. The van der Waals surface area contributed by atoms with E-state index in [1.165, 1.54) is 7.11 Å². The molecular weight excluding hydrogens is 186 g/mol. The molecule has 0 aromatic rings. The minimum absolute atomic E-state index is 0.115. The van der Waals surface area contributed by atoms with Crippen LogP contribution < -0.4 is 5.32 Å². The molecule has 0 saturated heterocycles. The van der Waals surface area contributed by atoms with E-state index in [-0.39, 0.29) is 12.0 Å². The zero-order valence-corrected chi connectivity index (χ0v) is 8.53. The van der Waals surface area contributed by atoms with Crippen LogP contribution in [0.4, 0.5) is 4.79 Å². The lowest BCUT2D eigenvalue weighted by Crippen LogP contribution is -2.60. The van der Waals surface area contributed by atoms with E-state index in [0.717, 1.165) is 0 Å². The van der Waals surface area contributed by atoms with Gasteiger partial charge in [0, 0.05) is 6.04 Å². The second kappa shape index (κ2) is 3.48. The van der Waals surface area contributed by atoms with Gasteiger partial charge >= 0.3 is 12.1 Å². The van der Waals surface area contributed by atoms with Crippen molar-refractivity contribution in [2.45, 2.75) is 26.3 Å². The molecule has 0 spiro atoms. The van der Waals surface area contributed by atoms with Gasteiger partial charge in [-0.2, -0.15) is 0 Å². The Balaban J connectivity index is 2.54. The van der Waals surface area contributed by atoms with Crippen molar-refractivity contribution in [1.29, 1.82) is 0 Å². The quantitative estimate of drug-likeness (QED) is 0.694. The topological polar surface area (TPSA) is 75.6 Å². The van der Waals surface area contributed by atoms with Crippen LogP contribution in [0.5, 0.6) is 0 Å². The Morgan fingerprint density at radius 1 is 1.50 bits per heavy atom. The molecular formula is C9H15NO4. The predicted octanol–water partition coefficient (Wildman–Crippen LogP) is 0.842. The molecule has 0 radical (unpaired) electrons. The van der Waals surface area contributed by atoms with Crippen LogP contribution in [0.3, 0.4) is 0 Å². The second-order valence-corrected chi connectivity index (χ2v) is 4.14. The Bertz CT molecular complexity index is 262. The lowest BCUT2D eigenvalue weighted by atomic mass is 9.58. The van der Waals surface area contributed by atoms with Crippen LogP contribution in [0.15, 0.2) is 0 Å². The van der Waals surface area contributed by atoms with E-state index in [9.17, 15) is 9.59 Å². The lowest BCUT2D eigenvalue weighted by Gasteiger charge is -2.49. The van der Waals surface area contributed by atoms with Crippen molar-refractivity contribution in [3.05, 3.63) is 0 Å². The van der Waals surface area contributed by atoms with Crippen LogP contribution in [-0.2, 0) is 9.53 Å². The Labute approximate surface area is 82.4 Å². The molecule has 1 saturated carbocycles. The molecule has 5 nitrogen and oxygen atoms in total. The van der Waals surface area contributed by atoms with Gasteiger partial charge < -0.3 is 15.2 Å². The fraction of sp³-hybridized carbons (Fsp3) is 0.778. The van der Waals surface area contributed by atoms with E-state index in [4.69, 9.17) is 5.11 Å². The molecule has 2 atom stereocenters. The Kier molecular flexibility index (Phi) is 2.69. The first-order valence-corrected chi connectivity index (χ1v) is 4.47. The molecule has 0 heterocycles. The molecule has 0 aromatic carbocycles. The largest absolute Gasteiger partial charge is 0.481 e. The number of carbonyl (C=O) groups excluding carboxylic acids is 1. The molecule has 14 heavy (non-hydrogen) atoms. The Morgan fingerprint density at radius 3 is 2.43 bits per heavy atom. The maximum absolute atomic E-state index is 10.9. The summed E-state index contributed by atoms with van der Waals surface area (Å²) in [7, 11) is 1.29. The summed E-state index contributed by atoms with van der Waals surface area (Å²) in [4.78, 5) is 21.7. The van der Waals surface area contributed by atoms with E-state index in [1.807, 2.05) is 13.8 Å². The summed E-state index contributed by atoms with van der Waals surface area (Å²) in [5, 5.41) is 11.5. The number of amides is 1. The number of carboxylic acid groups (broad SMARTS) is 1. The summed E-state index contributed by atoms with van der Waals surface area (Å²) in [6.07, 6.45) is -0.0378. The van der Waals surface area contributed by atoms with Gasteiger partial charge in [0.2, 0.25) is 0 Å². The van der Waals surface area contributed by atoms with Gasteiger partial charge in [0.05, 0.1) is 13.0 Å². The highest BCUT2D eigenvalue weighted by molar-refractivity contribution is 5.74. The van der Waals surface area contributed by atoms with Crippen LogP contribution in [0, 0.1) is 11.3 Å². The molecule has 0 aliphatic heterocycles. The van der Waals surface area contributed by atoms with Gasteiger partial charge in [0.15, 0.2) is 0 Å². The zero-order chi connectivity index (χ0) is 10.9. The summed E-state index contributed by atoms with van der Waals surface area (Å²) >= 11 is 0. The Hall–Kier alpha value is -1.26. The van der Waals surface area contributed by atoms with Gasteiger partial charge in [-0.15, -0.1) is 0 Å². The maximum Gasteiger partial charge on any atom is 0.407 e. The maximum atomic E-state index is 10.9. The van der Waals surface area contributed by atoms with Crippen molar-refractivity contribution in [1.82, 2.24) is 5.32 Å². The molecule has 2 N–H and O–H groups in total. The number of carboxylic acids is 1. The third-order valence-corrected chi connectivity index (χ3v) is 3.04. The summed E-state index contributed by atoms with van der Waals surface area (Å²) in [6, 6.07) is -0.115. The molecule has 1 aliphatic carbocycles. The molecule has 1 amide bonds. The summed E-state index contributed by atoms with van der Waals surface area (Å²) in [6.45, 7) is 3.66. The van der Waals surface area contributed by atoms with Crippen molar-refractivity contribution < 1.29 is 19.4 Å². The highest BCUT2D eigenvalue weighted by Crippen LogP contribution is 2.46. The molecule has 5 heteroatoms. The predicted molar refractivity (Wildman–Crippen MR) is 48.9 cm³/mol. The monoisotopic (exact) mass is 201 g/mol. The first-order valence-electron chi connectivity index (χ1n) is 4.47. The number of alkyl carbamates (subject to hydrolysis) is 1. The average Bonchev–Trinajstić information content (AvgIpc) is 2.10. The molecule has 80 valence electrons. The van der Waals surface area contributed by atoms with Crippen LogP contribution >= 0.6 is 0 Å². The van der Waals surface area contributed by atoms with Gasteiger partial charge in [-0.3, -0.25) is 4.79 Å². The van der Waals surface area contributed by atoms with Crippen LogP contribution in [-0.4, -0.2) is 30.3 Å². The number of methoxy groups -OCH3 is 1. The van der Waals surface area contributed by atoms with Crippen molar-refractivity contribution >= 4 is 12.1 Å². The summed E-state index contributed by atoms with van der Waals surface area (Å²) in [5.41, 5.74) is -0.403. The number of hydrogen-bond acceptors (Lipinski definition) is 3. The van der Waals surface area contributed by atoms with Crippen LogP contribution in [0.1, 0.15) is 20.3 Å². The van der Waals surface area contributed by atoms with Gasteiger partial charge in [-0.05, 0) is 11.8 Å². The third kappa shape index (κ3) is 1.66. The zero-order valence-electron chi connectivity index (χ0n) is 8.53. The Morgan fingerprint density at radius 2 is 2.07 bits per heavy atom. The number of nitrogens with one attached hydrogen (secondary N) is 1. The van der Waals surface area contributed by atoms with Crippen LogP contribution in [0.2, 0.25) is 0 Å². The molecule has 0 aromatic heterocycles. The van der Waals surface area contributed by atoms with Gasteiger partial charge in [0.1, 0.15) is 0 Å². The molecule has 1 fully saturated rings. The molecule has 1 rings (SSSR count). The lowest BCUT2D eigenvalue weighted by molar-refractivity contribution is -0.154.